The normalized spacial score (nSPS) is 10.8. The molecule has 0 atom stereocenters. The molecule has 0 saturated heterocycles. The van der Waals surface area contributed by atoms with Crippen LogP contribution in [0.15, 0.2) is 54.1 Å². The molecule has 0 unspecified atom stereocenters. The van der Waals surface area contributed by atoms with Gasteiger partial charge >= 0.3 is 0 Å². The van der Waals surface area contributed by atoms with E-state index >= 15 is 0 Å². The number of hydrogen-bond donors (Lipinski definition) is 2. The van der Waals surface area contributed by atoms with Crippen LogP contribution in [0.2, 0.25) is 0 Å². The average Bonchev–Trinajstić information content (AvgIpc) is 2.63. The van der Waals surface area contributed by atoms with Crippen LogP contribution in [0.5, 0.6) is 5.75 Å². The Morgan fingerprint density at radius 2 is 1.72 bits per heavy atom. The fraction of sp³-hybridized carbons (Fsp3) is 0.200. The molecule has 5 heteroatoms. The number of carbonyl (C=O) groups is 1. The number of carbonyl (C=O) groups excluding carboxylic acids is 1. The number of anilines is 2. The lowest BCUT2D eigenvalue weighted by atomic mass is 10.1. The Morgan fingerprint density at radius 3 is 2.24 bits per heavy atom. The second kappa shape index (κ2) is 8.55. The molecule has 128 valence electrons. The number of amides is 1. The molecule has 0 bridgehead atoms. The molecule has 0 fully saturated rings. The molecule has 0 saturated carbocycles. The van der Waals surface area contributed by atoms with E-state index < -0.39 is 5.91 Å². The molecule has 0 aliphatic carbocycles. The third kappa shape index (κ3) is 4.85. The summed E-state index contributed by atoms with van der Waals surface area (Å²) in [7, 11) is 0. The van der Waals surface area contributed by atoms with Gasteiger partial charge in [-0.05, 0) is 61.9 Å². The topological polar surface area (TPSA) is 76.4 Å². The fourth-order valence-corrected chi connectivity index (χ4v) is 2.43. The van der Waals surface area contributed by atoms with Crippen molar-refractivity contribution >= 4 is 23.4 Å². The van der Waals surface area contributed by atoms with Gasteiger partial charge in [-0.25, -0.2) is 0 Å². The highest BCUT2D eigenvalue weighted by atomic mass is 16.3. The number of benzene rings is 2. The highest BCUT2D eigenvalue weighted by Gasteiger charge is 2.10. The van der Waals surface area contributed by atoms with Gasteiger partial charge in [-0.2, -0.15) is 5.26 Å². The molecular weight excluding hydrogens is 314 g/mol. The Hall–Kier alpha value is -3.26. The predicted octanol–water partition coefficient (Wildman–Crippen LogP) is 3.78. The molecule has 0 heterocycles. The van der Waals surface area contributed by atoms with Gasteiger partial charge in [0.1, 0.15) is 17.4 Å². The van der Waals surface area contributed by atoms with Gasteiger partial charge in [0, 0.05) is 24.5 Å². The van der Waals surface area contributed by atoms with Gasteiger partial charge in [0.2, 0.25) is 0 Å². The summed E-state index contributed by atoms with van der Waals surface area (Å²) in [6.07, 6.45) is 1.56. The molecule has 0 radical (unpaired) electrons. The molecule has 2 N–H and O–H groups in total. The highest BCUT2D eigenvalue weighted by molar-refractivity contribution is 6.09. The first kappa shape index (κ1) is 18.1. The molecule has 0 aromatic heterocycles. The van der Waals surface area contributed by atoms with Crippen LogP contribution in [0.3, 0.4) is 0 Å². The Kier molecular flexibility index (Phi) is 6.19. The van der Waals surface area contributed by atoms with E-state index in [4.69, 9.17) is 0 Å². The minimum Gasteiger partial charge on any atom is -0.508 e. The molecule has 1 amide bonds. The van der Waals surface area contributed by atoms with E-state index in [9.17, 15) is 15.2 Å². The lowest BCUT2D eigenvalue weighted by Gasteiger charge is -2.20. The van der Waals surface area contributed by atoms with Crippen molar-refractivity contribution in [2.24, 2.45) is 0 Å². The molecule has 0 aliphatic rings. The van der Waals surface area contributed by atoms with Crippen molar-refractivity contribution in [3.05, 3.63) is 59.7 Å². The van der Waals surface area contributed by atoms with Crippen molar-refractivity contribution in [2.45, 2.75) is 13.8 Å². The molecular formula is C20H21N3O2. The van der Waals surface area contributed by atoms with Gasteiger partial charge in [-0.15, -0.1) is 0 Å². The summed E-state index contributed by atoms with van der Waals surface area (Å²) in [6, 6.07) is 15.7. The maximum atomic E-state index is 12.2. The summed E-state index contributed by atoms with van der Waals surface area (Å²) in [5.74, 6) is -0.372. The number of nitrogens with one attached hydrogen (secondary N) is 1. The molecule has 25 heavy (non-hydrogen) atoms. The Morgan fingerprint density at radius 1 is 1.12 bits per heavy atom. The molecule has 2 rings (SSSR count). The standard InChI is InChI=1S/C20H21N3O2/c1-3-23(4-2)18-9-5-15(6-10-18)13-16(14-21)20(25)22-17-7-11-19(24)12-8-17/h5-13,24H,3-4H2,1-2H3,(H,22,25)/b16-13+. The van der Waals surface area contributed by atoms with Crippen molar-refractivity contribution in [1.82, 2.24) is 0 Å². The zero-order valence-electron chi connectivity index (χ0n) is 14.4. The second-order valence-corrected chi connectivity index (χ2v) is 5.43. The van der Waals surface area contributed by atoms with Gasteiger partial charge in [-0.3, -0.25) is 4.79 Å². The largest absolute Gasteiger partial charge is 0.508 e. The summed E-state index contributed by atoms with van der Waals surface area (Å²) in [5.41, 5.74) is 2.42. The smallest absolute Gasteiger partial charge is 0.266 e. The maximum absolute atomic E-state index is 12.2. The Balaban J connectivity index is 2.14. The lowest BCUT2D eigenvalue weighted by Crippen LogP contribution is -2.21. The van der Waals surface area contributed by atoms with Crippen LogP contribution in [0.4, 0.5) is 11.4 Å². The number of rotatable bonds is 6. The van der Waals surface area contributed by atoms with Crippen LogP contribution in [0.1, 0.15) is 19.4 Å². The van der Waals surface area contributed by atoms with Crippen molar-refractivity contribution in [1.29, 1.82) is 5.26 Å². The SMILES string of the molecule is CCN(CC)c1ccc(/C=C(\C#N)C(=O)Nc2ccc(O)cc2)cc1. The predicted molar refractivity (Wildman–Crippen MR) is 100 cm³/mol. The number of phenols is 1. The van der Waals surface area contributed by atoms with E-state index in [1.807, 2.05) is 30.3 Å². The van der Waals surface area contributed by atoms with Gasteiger partial charge in [-0.1, -0.05) is 12.1 Å². The van der Waals surface area contributed by atoms with E-state index in [0.717, 1.165) is 24.3 Å². The number of nitriles is 1. The molecule has 5 nitrogen and oxygen atoms in total. The minimum absolute atomic E-state index is 0.0173. The van der Waals surface area contributed by atoms with E-state index in [0.29, 0.717) is 5.69 Å². The zero-order valence-corrected chi connectivity index (χ0v) is 14.4. The van der Waals surface area contributed by atoms with Crippen LogP contribution in [0.25, 0.3) is 6.08 Å². The number of aromatic hydroxyl groups is 1. The van der Waals surface area contributed by atoms with Crippen molar-refractivity contribution in [3.63, 3.8) is 0 Å². The van der Waals surface area contributed by atoms with E-state index in [-0.39, 0.29) is 11.3 Å². The van der Waals surface area contributed by atoms with Crippen molar-refractivity contribution < 1.29 is 9.90 Å². The summed E-state index contributed by atoms with van der Waals surface area (Å²) < 4.78 is 0. The van der Waals surface area contributed by atoms with E-state index in [2.05, 4.69) is 24.1 Å². The van der Waals surface area contributed by atoms with Crippen molar-refractivity contribution in [3.8, 4) is 11.8 Å². The first-order valence-corrected chi connectivity index (χ1v) is 8.14. The quantitative estimate of drug-likeness (QED) is 0.478. The van der Waals surface area contributed by atoms with Gasteiger partial charge in [0.15, 0.2) is 0 Å². The molecule has 2 aromatic carbocycles. The lowest BCUT2D eigenvalue weighted by molar-refractivity contribution is -0.112. The minimum atomic E-state index is -0.485. The molecule has 0 aliphatic heterocycles. The number of nitrogens with zero attached hydrogens (tertiary/aromatic N) is 2. The van der Waals surface area contributed by atoms with Crippen LogP contribution in [0, 0.1) is 11.3 Å². The zero-order chi connectivity index (χ0) is 18.2. The highest BCUT2D eigenvalue weighted by Crippen LogP contribution is 2.18. The monoisotopic (exact) mass is 335 g/mol. The van der Waals surface area contributed by atoms with E-state index in [1.165, 1.54) is 12.1 Å². The first-order valence-electron chi connectivity index (χ1n) is 8.14. The fourth-order valence-electron chi connectivity index (χ4n) is 2.43. The van der Waals surface area contributed by atoms with Crippen LogP contribution in [-0.4, -0.2) is 24.1 Å². The van der Waals surface area contributed by atoms with Gasteiger partial charge in [0.25, 0.3) is 5.91 Å². The number of hydrogen-bond acceptors (Lipinski definition) is 4. The summed E-state index contributed by atoms with van der Waals surface area (Å²) in [4.78, 5) is 14.4. The Bertz CT molecular complexity index is 783. The Labute approximate surface area is 147 Å². The molecule has 2 aromatic rings. The number of phenolic OH excluding ortho intramolecular Hbond substituents is 1. The third-order valence-corrected chi connectivity index (χ3v) is 3.82. The first-order chi connectivity index (χ1) is 12.1. The van der Waals surface area contributed by atoms with Gasteiger partial charge < -0.3 is 15.3 Å². The van der Waals surface area contributed by atoms with Crippen LogP contribution < -0.4 is 10.2 Å². The summed E-state index contributed by atoms with van der Waals surface area (Å²) in [6.45, 7) is 6.03. The van der Waals surface area contributed by atoms with E-state index in [1.54, 1.807) is 18.2 Å². The summed E-state index contributed by atoms with van der Waals surface area (Å²) in [5, 5.41) is 21.2. The summed E-state index contributed by atoms with van der Waals surface area (Å²) >= 11 is 0. The van der Waals surface area contributed by atoms with Crippen LogP contribution >= 0.6 is 0 Å². The average molecular weight is 335 g/mol. The maximum Gasteiger partial charge on any atom is 0.266 e. The van der Waals surface area contributed by atoms with Crippen molar-refractivity contribution in [2.75, 3.05) is 23.3 Å². The third-order valence-electron chi connectivity index (χ3n) is 3.82. The van der Waals surface area contributed by atoms with Crippen LogP contribution in [-0.2, 0) is 4.79 Å². The molecule has 0 spiro atoms. The van der Waals surface area contributed by atoms with Gasteiger partial charge in [0.05, 0.1) is 0 Å². The second-order valence-electron chi connectivity index (χ2n) is 5.43.